The van der Waals surface area contributed by atoms with Crippen molar-refractivity contribution in [1.82, 2.24) is 15.5 Å². The number of carbonyl (C=O) groups excluding carboxylic acids is 3. The van der Waals surface area contributed by atoms with Gasteiger partial charge in [0.05, 0.1) is 26.2 Å². The van der Waals surface area contributed by atoms with Gasteiger partial charge in [-0.25, -0.2) is 0 Å². The number of nitrogens with one attached hydrogen (secondary N) is 3. The molecule has 0 radical (unpaired) electrons. The minimum Gasteiger partial charge on any atom is -0.347 e. The van der Waals surface area contributed by atoms with E-state index < -0.39 is 12.1 Å². The quantitative estimate of drug-likeness (QED) is 0.406. The van der Waals surface area contributed by atoms with Crippen LogP contribution in [0, 0.1) is 5.92 Å². The molecule has 6 atom stereocenters. The first-order valence-corrected chi connectivity index (χ1v) is 15.1. The first kappa shape index (κ1) is 27.1. The molecule has 3 amide bonds. The number of fused-ring (bicyclic) bond motifs is 2. The third kappa shape index (κ3) is 5.76. The minimum atomic E-state index is -0.557. The number of amides is 3. The van der Waals surface area contributed by atoms with Crippen LogP contribution in [-0.4, -0.2) is 73.5 Å². The summed E-state index contributed by atoms with van der Waals surface area (Å²) in [4.78, 5) is 44.6. The van der Waals surface area contributed by atoms with E-state index in [1.165, 1.54) is 22.4 Å². The van der Waals surface area contributed by atoms with Crippen molar-refractivity contribution in [1.29, 1.82) is 0 Å². The number of likely N-dealkylation sites (N-methyl/N-ethyl adjacent to an activating group) is 1. The topological polar surface area (TPSA) is 99.6 Å². The highest BCUT2D eigenvalue weighted by atomic mass is 16.2. The minimum absolute atomic E-state index is 0.00881. The molecule has 5 N–H and O–H groups in total. The summed E-state index contributed by atoms with van der Waals surface area (Å²) in [6.07, 6.45) is 10.5. The van der Waals surface area contributed by atoms with E-state index in [1.807, 2.05) is 30.3 Å². The van der Waals surface area contributed by atoms with Crippen LogP contribution in [0.15, 0.2) is 24.3 Å². The van der Waals surface area contributed by atoms with Gasteiger partial charge in [-0.15, -0.1) is 0 Å². The van der Waals surface area contributed by atoms with Gasteiger partial charge in [0.25, 0.3) is 5.91 Å². The smallest absolute Gasteiger partial charge is 0.278 e. The van der Waals surface area contributed by atoms with Crippen LogP contribution >= 0.6 is 0 Å². The Kier molecular flexibility index (Phi) is 8.68. The maximum Gasteiger partial charge on any atom is 0.278 e. The monoisotopic (exact) mass is 525 g/mol. The van der Waals surface area contributed by atoms with Crippen molar-refractivity contribution in [3.63, 3.8) is 0 Å². The van der Waals surface area contributed by atoms with E-state index in [9.17, 15) is 14.4 Å². The number of piperazine rings is 1. The van der Waals surface area contributed by atoms with Gasteiger partial charge in [0.15, 0.2) is 12.1 Å². The Morgan fingerprint density at radius 1 is 1.03 bits per heavy atom. The van der Waals surface area contributed by atoms with E-state index in [1.54, 1.807) is 0 Å². The van der Waals surface area contributed by atoms with Crippen LogP contribution in [-0.2, 0) is 20.8 Å². The standard InChI is InChI=1S/C30H45N5O3/c1-20(31-2)28(36)33-27(22-11-4-3-5-12-22)30(38)35-18-23-14-9-17-34(23)19-26(35)29(37)32-25-16-8-13-21-10-6-7-15-24(21)25/h6-7,10,15,20,22-23,25-27,31H,3-5,8-9,11-14,16-19H2,1-2H3,(H,32,37)(H,33,36)/p+2/t20-,23+,25+,26-,27-/m0/s1. The first-order valence-electron chi connectivity index (χ1n) is 15.1. The molecule has 1 aromatic carbocycles. The SMILES string of the molecule is C[NH2+][C@@H](C)C(=O)N[C@H](C(=O)N1C[C@H]2CCC[NH+]2C[C@H]1C(=O)N[C@@H]1CCCc2ccccc21)C1CCCCC1. The van der Waals surface area contributed by atoms with E-state index in [4.69, 9.17) is 0 Å². The number of carbonyl (C=O) groups is 3. The average Bonchev–Trinajstić information content (AvgIpc) is 3.42. The number of rotatable bonds is 7. The van der Waals surface area contributed by atoms with Crippen molar-refractivity contribution < 1.29 is 24.6 Å². The first-order chi connectivity index (χ1) is 18.5. The average molecular weight is 526 g/mol. The fourth-order valence-corrected chi connectivity index (χ4v) is 7.31. The molecule has 1 unspecified atom stereocenters. The second kappa shape index (κ2) is 12.2. The summed E-state index contributed by atoms with van der Waals surface area (Å²) in [5.74, 6) is -0.0564. The molecule has 2 heterocycles. The Morgan fingerprint density at radius 2 is 1.82 bits per heavy atom. The number of quaternary nitrogens is 2. The number of nitrogens with two attached hydrogens (primary N) is 1. The van der Waals surface area contributed by atoms with Crippen LogP contribution in [0.25, 0.3) is 0 Å². The van der Waals surface area contributed by atoms with E-state index in [0.29, 0.717) is 19.1 Å². The van der Waals surface area contributed by atoms with Crippen LogP contribution in [0.3, 0.4) is 0 Å². The van der Waals surface area contributed by atoms with E-state index >= 15 is 0 Å². The maximum atomic E-state index is 14.3. The lowest BCUT2D eigenvalue weighted by Gasteiger charge is -2.43. The normalized spacial score (nSPS) is 29.1. The van der Waals surface area contributed by atoms with Crippen molar-refractivity contribution >= 4 is 17.7 Å². The Bertz CT molecular complexity index is 1010. The predicted octanol–water partition coefficient (Wildman–Crippen LogP) is 0.0851. The Balaban J connectivity index is 1.38. The summed E-state index contributed by atoms with van der Waals surface area (Å²) >= 11 is 0. The van der Waals surface area contributed by atoms with Gasteiger partial charge < -0.3 is 25.8 Å². The third-order valence-corrected chi connectivity index (χ3v) is 9.75. The maximum absolute atomic E-state index is 14.3. The second-order valence-electron chi connectivity index (χ2n) is 12.1. The molecule has 1 aromatic rings. The van der Waals surface area contributed by atoms with E-state index in [2.05, 4.69) is 28.8 Å². The van der Waals surface area contributed by atoms with Gasteiger partial charge in [-0.2, -0.15) is 0 Å². The molecule has 5 rings (SSSR count). The highest BCUT2D eigenvalue weighted by Gasteiger charge is 2.48. The van der Waals surface area contributed by atoms with Gasteiger partial charge in [-0.05, 0) is 56.1 Å². The molecule has 0 bridgehead atoms. The van der Waals surface area contributed by atoms with Gasteiger partial charge in [0, 0.05) is 12.8 Å². The molecule has 8 nitrogen and oxygen atoms in total. The molecular weight excluding hydrogens is 478 g/mol. The van der Waals surface area contributed by atoms with Crippen molar-refractivity contribution in [2.45, 2.75) is 101 Å². The van der Waals surface area contributed by atoms with Crippen molar-refractivity contribution in [3.8, 4) is 0 Å². The number of nitrogens with zero attached hydrogens (tertiary/aromatic N) is 1. The lowest BCUT2D eigenvalue weighted by atomic mass is 9.82. The molecule has 2 aliphatic heterocycles. The molecule has 0 spiro atoms. The predicted molar refractivity (Wildman–Crippen MR) is 145 cm³/mol. The summed E-state index contributed by atoms with van der Waals surface area (Å²) in [5, 5.41) is 8.38. The summed E-state index contributed by atoms with van der Waals surface area (Å²) in [6, 6.07) is 7.46. The van der Waals surface area contributed by atoms with Gasteiger partial charge in [-0.1, -0.05) is 43.5 Å². The number of hydrogen-bond acceptors (Lipinski definition) is 3. The Labute approximate surface area is 227 Å². The number of hydrogen-bond donors (Lipinski definition) is 4. The highest BCUT2D eigenvalue weighted by Crippen LogP contribution is 2.31. The summed E-state index contributed by atoms with van der Waals surface area (Å²) in [7, 11) is 1.88. The van der Waals surface area contributed by atoms with Gasteiger partial charge in [-0.3, -0.25) is 14.4 Å². The van der Waals surface area contributed by atoms with Crippen molar-refractivity contribution in [2.75, 3.05) is 26.7 Å². The molecular formula is C30H47N5O3+2. The zero-order chi connectivity index (χ0) is 26.6. The highest BCUT2D eigenvalue weighted by molar-refractivity contribution is 5.93. The Morgan fingerprint density at radius 3 is 2.61 bits per heavy atom. The lowest BCUT2D eigenvalue weighted by molar-refractivity contribution is -0.918. The fraction of sp³-hybridized carbons (Fsp3) is 0.700. The fourth-order valence-electron chi connectivity index (χ4n) is 7.31. The van der Waals surface area contributed by atoms with Crippen LogP contribution in [0.2, 0.25) is 0 Å². The van der Waals surface area contributed by atoms with Gasteiger partial charge in [0.1, 0.15) is 18.6 Å². The van der Waals surface area contributed by atoms with Crippen LogP contribution in [0.5, 0.6) is 0 Å². The van der Waals surface area contributed by atoms with E-state index in [0.717, 1.165) is 64.3 Å². The molecule has 4 aliphatic rings. The zero-order valence-electron chi connectivity index (χ0n) is 23.2. The molecule has 8 heteroatoms. The largest absolute Gasteiger partial charge is 0.347 e. The third-order valence-electron chi connectivity index (χ3n) is 9.75. The number of aryl methyl sites for hydroxylation is 1. The van der Waals surface area contributed by atoms with Gasteiger partial charge in [0.2, 0.25) is 11.8 Å². The van der Waals surface area contributed by atoms with E-state index in [-0.39, 0.29) is 35.7 Å². The van der Waals surface area contributed by atoms with Crippen LogP contribution < -0.4 is 20.9 Å². The molecule has 2 saturated heterocycles. The molecule has 208 valence electrons. The zero-order valence-corrected chi connectivity index (χ0v) is 23.2. The van der Waals surface area contributed by atoms with Crippen molar-refractivity contribution in [2.24, 2.45) is 5.92 Å². The van der Waals surface area contributed by atoms with Gasteiger partial charge >= 0.3 is 0 Å². The Hall–Kier alpha value is -2.45. The second-order valence-corrected chi connectivity index (χ2v) is 12.1. The molecule has 38 heavy (non-hydrogen) atoms. The van der Waals surface area contributed by atoms with Crippen LogP contribution in [0.1, 0.15) is 81.9 Å². The molecule has 1 saturated carbocycles. The molecule has 2 aliphatic carbocycles. The molecule has 3 fully saturated rings. The lowest BCUT2D eigenvalue weighted by Crippen LogP contribution is -3.17. The number of benzene rings is 1. The van der Waals surface area contributed by atoms with Crippen molar-refractivity contribution in [3.05, 3.63) is 35.4 Å². The molecule has 0 aromatic heterocycles. The summed E-state index contributed by atoms with van der Waals surface area (Å²) < 4.78 is 0. The summed E-state index contributed by atoms with van der Waals surface area (Å²) in [5.41, 5.74) is 2.53. The van der Waals surface area contributed by atoms with Crippen LogP contribution in [0.4, 0.5) is 0 Å². The summed E-state index contributed by atoms with van der Waals surface area (Å²) in [6.45, 7) is 4.19.